The molecule has 0 aliphatic carbocycles. The zero-order chi connectivity index (χ0) is 12.1. The molecule has 0 aliphatic heterocycles. The molecular weight excluding hydrogens is 231 g/mol. The van der Waals surface area contributed by atoms with Crippen molar-refractivity contribution in [3.8, 4) is 0 Å². The first-order valence-electron chi connectivity index (χ1n) is 4.92. The molecule has 1 aromatic rings. The molecular formula is C10H13FN2O2S. The van der Waals surface area contributed by atoms with Crippen molar-refractivity contribution in [1.29, 1.82) is 0 Å². The van der Waals surface area contributed by atoms with Gasteiger partial charge in [0.2, 0.25) is 0 Å². The van der Waals surface area contributed by atoms with Crippen LogP contribution in [0, 0.1) is 5.82 Å². The van der Waals surface area contributed by atoms with Crippen LogP contribution in [0.15, 0.2) is 11.4 Å². The lowest BCUT2D eigenvalue weighted by atomic mass is 10.3. The van der Waals surface area contributed by atoms with Crippen LogP contribution >= 0.6 is 11.8 Å². The van der Waals surface area contributed by atoms with Crippen LogP contribution in [0.4, 0.5) is 4.39 Å². The van der Waals surface area contributed by atoms with Crippen LogP contribution in [-0.4, -0.2) is 26.3 Å². The van der Waals surface area contributed by atoms with E-state index in [4.69, 9.17) is 5.11 Å². The van der Waals surface area contributed by atoms with Gasteiger partial charge in [0.1, 0.15) is 11.4 Å². The lowest BCUT2D eigenvalue weighted by Crippen LogP contribution is -2.07. The summed E-state index contributed by atoms with van der Waals surface area (Å²) in [6, 6.07) is 0. The molecule has 1 unspecified atom stereocenters. The van der Waals surface area contributed by atoms with E-state index in [0.717, 1.165) is 11.8 Å². The summed E-state index contributed by atoms with van der Waals surface area (Å²) in [6.07, 6.45) is 1.78. The summed E-state index contributed by atoms with van der Waals surface area (Å²) in [7, 11) is 0. The van der Waals surface area contributed by atoms with Crippen LogP contribution in [-0.2, 0) is 11.2 Å². The summed E-state index contributed by atoms with van der Waals surface area (Å²) in [5.41, 5.74) is 0.361. The molecule has 0 spiro atoms. The number of hydrogen-bond donors (Lipinski definition) is 1. The third kappa shape index (κ3) is 3.44. The Hall–Kier alpha value is -1.17. The molecule has 1 N–H and O–H groups in total. The van der Waals surface area contributed by atoms with Crippen molar-refractivity contribution in [2.24, 2.45) is 0 Å². The first-order chi connectivity index (χ1) is 7.54. The second-order valence-corrected chi connectivity index (χ2v) is 4.75. The number of halogens is 1. The summed E-state index contributed by atoms with van der Waals surface area (Å²) in [6.45, 7) is 3.53. The van der Waals surface area contributed by atoms with Gasteiger partial charge in [-0.2, -0.15) is 0 Å². The molecule has 16 heavy (non-hydrogen) atoms. The lowest BCUT2D eigenvalue weighted by Gasteiger charge is -2.09. The highest BCUT2D eigenvalue weighted by atomic mass is 32.2. The van der Waals surface area contributed by atoms with Crippen LogP contribution in [0.25, 0.3) is 0 Å². The molecule has 0 aromatic carbocycles. The zero-order valence-corrected chi connectivity index (χ0v) is 9.92. The predicted octanol–water partition coefficient (Wildman–Crippen LogP) is 2.13. The van der Waals surface area contributed by atoms with E-state index in [-0.39, 0.29) is 16.7 Å². The number of aromatic nitrogens is 2. The largest absolute Gasteiger partial charge is 0.481 e. The topological polar surface area (TPSA) is 63.1 Å². The van der Waals surface area contributed by atoms with Gasteiger partial charge in [0, 0.05) is 5.25 Å². The van der Waals surface area contributed by atoms with Gasteiger partial charge in [-0.3, -0.25) is 4.79 Å². The Morgan fingerprint density at radius 1 is 1.62 bits per heavy atom. The average Bonchev–Trinajstić information content (AvgIpc) is 2.20. The van der Waals surface area contributed by atoms with Crippen LogP contribution in [0.1, 0.15) is 26.0 Å². The van der Waals surface area contributed by atoms with Gasteiger partial charge in [-0.1, -0.05) is 25.6 Å². The third-order valence-corrected chi connectivity index (χ3v) is 3.02. The van der Waals surface area contributed by atoms with E-state index in [9.17, 15) is 9.18 Å². The fourth-order valence-corrected chi connectivity index (χ4v) is 2.13. The maximum absolute atomic E-state index is 13.7. The van der Waals surface area contributed by atoms with E-state index in [0.29, 0.717) is 12.1 Å². The maximum atomic E-state index is 13.7. The summed E-state index contributed by atoms with van der Waals surface area (Å²) >= 11 is 1.12. The van der Waals surface area contributed by atoms with Gasteiger partial charge in [0.15, 0.2) is 5.82 Å². The Morgan fingerprint density at radius 3 is 2.88 bits per heavy atom. The molecule has 0 radical (unpaired) electrons. The molecule has 1 aromatic heterocycles. The van der Waals surface area contributed by atoms with Gasteiger partial charge in [0.25, 0.3) is 0 Å². The molecule has 1 rings (SSSR count). The summed E-state index contributed by atoms with van der Waals surface area (Å²) in [4.78, 5) is 18.1. The molecule has 0 aliphatic rings. The number of rotatable bonds is 5. The van der Waals surface area contributed by atoms with Crippen LogP contribution in [0.3, 0.4) is 0 Å². The summed E-state index contributed by atoms with van der Waals surface area (Å²) < 4.78 is 13.7. The van der Waals surface area contributed by atoms with Gasteiger partial charge < -0.3 is 5.11 Å². The van der Waals surface area contributed by atoms with E-state index in [2.05, 4.69) is 9.97 Å². The Kier molecular flexibility index (Phi) is 4.67. The van der Waals surface area contributed by atoms with Crippen molar-refractivity contribution in [1.82, 2.24) is 9.97 Å². The Morgan fingerprint density at radius 2 is 2.31 bits per heavy atom. The number of aliphatic carboxylic acids is 1. The van der Waals surface area contributed by atoms with Crippen LogP contribution in [0.5, 0.6) is 0 Å². The molecule has 0 fully saturated rings. The number of nitrogens with zero attached hydrogens (tertiary/aromatic N) is 2. The minimum atomic E-state index is -0.898. The zero-order valence-electron chi connectivity index (χ0n) is 9.11. The monoisotopic (exact) mass is 244 g/mol. The first-order valence-corrected chi connectivity index (χ1v) is 5.80. The fraction of sp³-hybridized carbons (Fsp3) is 0.500. The van der Waals surface area contributed by atoms with Gasteiger partial charge in [-0.15, -0.1) is 0 Å². The van der Waals surface area contributed by atoms with E-state index in [1.807, 2.05) is 0 Å². The molecule has 0 amide bonds. The average molecular weight is 244 g/mol. The molecule has 0 saturated heterocycles. The molecule has 88 valence electrons. The second kappa shape index (κ2) is 5.79. The van der Waals surface area contributed by atoms with Gasteiger partial charge in [0.05, 0.1) is 12.1 Å². The van der Waals surface area contributed by atoms with Crippen molar-refractivity contribution in [2.75, 3.05) is 0 Å². The Bertz CT molecular complexity index is 387. The molecule has 0 saturated carbocycles. The van der Waals surface area contributed by atoms with Crippen molar-refractivity contribution >= 4 is 17.7 Å². The van der Waals surface area contributed by atoms with Crippen molar-refractivity contribution in [3.05, 3.63) is 17.8 Å². The lowest BCUT2D eigenvalue weighted by molar-refractivity contribution is -0.136. The highest BCUT2D eigenvalue weighted by molar-refractivity contribution is 7.99. The number of carboxylic acid groups (broad SMARTS) is 1. The minimum Gasteiger partial charge on any atom is -0.481 e. The molecule has 4 nitrogen and oxygen atoms in total. The Labute approximate surface area is 97.3 Å². The number of carbonyl (C=O) groups is 1. The van der Waals surface area contributed by atoms with Crippen molar-refractivity contribution < 1.29 is 14.3 Å². The van der Waals surface area contributed by atoms with E-state index in [1.165, 1.54) is 6.33 Å². The SMILES string of the molecule is CCc1ncnc(SC(C)CC(=O)O)c1F. The standard InChI is InChI=1S/C10H13FN2O2S/c1-3-7-9(11)10(13-5-12-7)16-6(2)4-8(14)15/h5-6H,3-4H2,1-2H3,(H,14,15). The smallest absolute Gasteiger partial charge is 0.304 e. The quantitative estimate of drug-likeness (QED) is 0.635. The number of aryl methyl sites for hydroxylation is 1. The van der Waals surface area contributed by atoms with E-state index < -0.39 is 11.8 Å². The highest BCUT2D eigenvalue weighted by Gasteiger charge is 2.15. The highest BCUT2D eigenvalue weighted by Crippen LogP contribution is 2.26. The molecule has 1 heterocycles. The predicted molar refractivity (Wildman–Crippen MR) is 58.9 cm³/mol. The fourth-order valence-electron chi connectivity index (χ4n) is 1.19. The van der Waals surface area contributed by atoms with Gasteiger partial charge in [-0.25, -0.2) is 14.4 Å². The number of carboxylic acids is 1. The summed E-state index contributed by atoms with van der Waals surface area (Å²) in [5, 5.41) is 8.60. The Balaban J connectivity index is 2.77. The first kappa shape index (κ1) is 12.9. The number of thioether (sulfide) groups is 1. The van der Waals surface area contributed by atoms with E-state index >= 15 is 0 Å². The molecule has 6 heteroatoms. The third-order valence-electron chi connectivity index (χ3n) is 1.94. The van der Waals surface area contributed by atoms with Gasteiger partial charge >= 0.3 is 5.97 Å². The van der Waals surface area contributed by atoms with E-state index in [1.54, 1.807) is 13.8 Å². The van der Waals surface area contributed by atoms with Gasteiger partial charge in [-0.05, 0) is 6.42 Å². The summed E-state index contributed by atoms with van der Waals surface area (Å²) in [5.74, 6) is -1.34. The van der Waals surface area contributed by atoms with Crippen LogP contribution < -0.4 is 0 Å². The minimum absolute atomic E-state index is 0.0183. The normalized spacial score (nSPS) is 12.4. The van der Waals surface area contributed by atoms with Crippen molar-refractivity contribution in [2.45, 2.75) is 37.0 Å². The maximum Gasteiger partial charge on any atom is 0.304 e. The van der Waals surface area contributed by atoms with Crippen LogP contribution in [0.2, 0.25) is 0 Å². The molecule has 0 bridgehead atoms. The number of hydrogen-bond acceptors (Lipinski definition) is 4. The second-order valence-electron chi connectivity index (χ2n) is 3.32. The van der Waals surface area contributed by atoms with Crippen molar-refractivity contribution in [3.63, 3.8) is 0 Å². The molecule has 1 atom stereocenters.